The van der Waals surface area contributed by atoms with Gasteiger partial charge in [-0.3, -0.25) is 4.79 Å². The van der Waals surface area contributed by atoms with Crippen LogP contribution in [0.1, 0.15) is 26.3 Å². The Kier molecular flexibility index (Phi) is 3.62. The molecule has 0 radical (unpaired) electrons. The first-order valence-electron chi connectivity index (χ1n) is 4.82. The van der Waals surface area contributed by atoms with Crippen LogP contribution in [0.2, 0.25) is 0 Å². The van der Waals surface area contributed by atoms with Crippen LogP contribution in [-0.4, -0.2) is 9.97 Å². The summed E-state index contributed by atoms with van der Waals surface area (Å²) in [6.07, 6.45) is 3.23. The summed E-state index contributed by atoms with van der Waals surface area (Å²) in [6.45, 7) is 5.92. The second kappa shape index (κ2) is 4.75. The Balaban J connectivity index is 3.41. The third kappa shape index (κ3) is 2.24. The molecule has 0 saturated heterocycles. The van der Waals surface area contributed by atoms with Crippen LogP contribution in [0.15, 0.2) is 17.2 Å². The first-order valence-corrected chi connectivity index (χ1v) is 4.82. The standard InChI is InChI=1S/C10H16N4O/c1-4-7(6(2)3)8-9(14-11)12-5-13-10(8)15/h4-6H,11H2,1-3H3,(H2,12,13,14,15)/b7-4-. The highest BCUT2D eigenvalue weighted by atomic mass is 16.1. The SMILES string of the molecule is C/C=C(\c1c(NN)nc[nH]c1=O)C(C)C. The maximum Gasteiger partial charge on any atom is 0.260 e. The van der Waals surface area contributed by atoms with Gasteiger partial charge in [-0.15, -0.1) is 0 Å². The van der Waals surface area contributed by atoms with Crippen LogP contribution >= 0.6 is 0 Å². The van der Waals surface area contributed by atoms with E-state index in [1.165, 1.54) is 6.33 Å². The number of nitrogens with zero attached hydrogens (tertiary/aromatic N) is 1. The van der Waals surface area contributed by atoms with E-state index >= 15 is 0 Å². The molecule has 0 aliphatic heterocycles. The molecule has 0 spiro atoms. The lowest BCUT2D eigenvalue weighted by Gasteiger charge is -2.12. The molecule has 0 bridgehead atoms. The number of nitrogen functional groups attached to an aromatic ring is 1. The summed E-state index contributed by atoms with van der Waals surface area (Å²) < 4.78 is 0. The number of hydrogen-bond acceptors (Lipinski definition) is 4. The van der Waals surface area contributed by atoms with Crippen LogP contribution in [0.4, 0.5) is 5.82 Å². The molecule has 1 heterocycles. The van der Waals surface area contributed by atoms with E-state index in [-0.39, 0.29) is 11.5 Å². The van der Waals surface area contributed by atoms with Gasteiger partial charge in [-0.05, 0) is 18.4 Å². The van der Waals surface area contributed by atoms with Crippen molar-refractivity contribution in [3.63, 3.8) is 0 Å². The van der Waals surface area contributed by atoms with Gasteiger partial charge in [-0.25, -0.2) is 10.8 Å². The monoisotopic (exact) mass is 208 g/mol. The van der Waals surface area contributed by atoms with Gasteiger partial charge in [0.05, 0.1) is 11.9 Å². The maximum absolute atomic E-state index is 11.7. The number of allylic oxidation sites excluding steroid dienone is 2. The molecule has 0 aliphatic rings. The predicted molar refractivity (Wildman–Crippen MR) is 61.2 cm³/mol. The number of nitrogens with one attached hydrogen (secondary N) is 2. The van der Waals surface area contributed by atoms with Gasteiger partial charge >= 0.3 is 0 Å². The molecule has 82 valence electrons. The van der Waals surface area contributed by atoms with Crippen LogP contribution in [0.25, 0.3) is 5.57 Å². The lowest BCUT2D eigenvalue weighted by Crippen LogP contribution is -2.20. The van der Waals surface area contributed by atoms with Crippen molar-refractivity contribution in [2.45, 2.75) is 20.8 Å². The van der Waals surface area contributed by atoms with Crippen LogP contribution in [0.5, 0.6) is 0 Å². The fourth-order valence-corrected chi connectivity index (χ4v) is 1.54. The van der Waals surface area contributed by atoms with E-state index in [4.69, 9.17) is 5.84 Å². The molecule has 1 aromatic heterocycles. The normalized spacial score (nSPS) is 11.9. The minimum absolute atomic E-state index is 0.181. The largest absolute Gasteiger partial charge is 0.312 e. The topological polar surface area (TPSA) is 83.8 Å². The predicted octanol–water partition coefficient (Wildman–Crippen LogP) is 1.11. The summed E-state index contributed by atoms with van der Waals surface area (Å²) in [5.41, 5.74) is 3.69. The Morgan fingerprint density at radius 3 is 2.80 bits per heavy atom. The van der Waals surface area contributed by atoms with E-state index in [1.54, 1.807) is 0 Å². The van der Waals surface area contributed by atoms with Crippen LogP contribution in [0, 0.1) is 5.92 Å². The summed E-state index contributed by atoms with van der Waals surface area (Å²) in [5.74, 6) is 5.97. The number of anilines is 1. The van der Waals surface area contributed by atoms with E-state index in [2.05, 4.69) is 15.4 Å². The van der Waals surface area contributed by atoms with Crippen molar-refractivity contribution >= 4 is 11.4 Å². The third-order valence-electron chi connectivity index (χ3n) is 2.21. The summed E-state index contributed by atoms with van der Waals surface area (Å²) >= 11 is 0. The fraction of sp³-hybridized carbons (Fsp3) is 0.400. The zero-order valence-corrected chi connectivity index (χ0v) is 9.16. The summed E-state index contributed by atoms with van der Waals surface area (Å²) in [4.78, 5) is 18.2. The van der Waals surface area contributed by atoms with Gasteiger partial charge in [0.2, 0.25) is 0 Å². The molecule has 1 rings (SSSR count). The van der Waals surface area contributed by atoms with Crippen molar-refractivity contribution in [2.24, 2.45) is 11.8 Å². The highest BCUT2D eigenvalue weighted by molar-refractivity contribution is 5.73. The van der Waals surface area contributed by atoms with E-state index in [0.29, 0.717) is 11.4 Å². The van der Waals surface area contributed by atoms with Crippen LogP contribution in [0.3, 0.4) is 0 Å². The van der Waals surface area contributed by atoms with Crippen molar-refractivity contribution in [2.75, 3.05) is 5.43 Å². The molecular weight excluding hydrogens is 192 g/mol. The van der Waals surface area contributed by atoms with Crippen molar-refractivity contribution in [3.8, 4) is 0 Å². The van der Waals surface area contributed by atoms with Gasteiger partial charge in [-0.1, -0.05) is 19.9 Å². The number of rotatable bonds is 3. The highest BCUT2D eigenvalue weighted by Crippen LogP contribution is 2.23. The van der Waals surface area contributed by atoms with Crippen molar-refractivity contribution < 1.29 is 0 Å². The van der Waals surface area contributed by atoms with Crippen molar-refractivity contribution in [1.29, 1.82) is 0 Å². The molecular formula is C10H16N4O. The molecule has 0 unspecified atom stereocenters. The fourth-order valence-electron chi connectivity index (χ4n) is 1.54. The highest BCUT2D eigenvalue weighted by Gasteiger charge is 2.14. The Bertz CT molecular complexity index is 420. The zero-order valence-electron chi connectivity index (χ0n) is 9.16. The van der Waals surface area contributed by atoms with Gasteiger partial charge in [-0.2, -0.15) is 0 Å². The van der Waals surface area contributed by atoms with Crippen LogP contribution in [-0.2, 0) is 0 Å². The molecule has 5 heteroatoms. The summed E-state index contributed by atoms with van der Waals surface area (Å²) in [6, 6.07) is 0. The lowest BCUT2D eigenvalue weighted by molar-refractivity contribution is 0.848. The van der Waals surface area contributed by atoms with Crippen molar-refractivity contribution in [1.82, 2.24) is 9.97 Å². The molecule has 4 N–H and O–H groups in total. The first-order chi connectivity index (χ1) is 7.11. The van der Waals surface area contributed by atoms with Gasteiger partial charge in [0, 0.05) is 0 Å². The van der Waals surface area contributed by atoms with Gasteiger partial charge in [0.25, 0.3) is 5.56 Å². The third-order valence-corrected chi connectivity index (χ3v) is 2.21. The summed E-state index contributed by atoms with van der Waals surface area (Å²) in [5, 5.41) is 0. The molecule has 0 atom stereocenters. The van der Waals surface area contributed by atoms with Crippen molar-refractivity contribution in [3.05, 3.63) is 28.3 Å². The Labute approximate surface area is 88.4 Å². The summed E-state index contributed by atoms with van der Waals surface area (Å²) in [7, 11) is 0. The van der Waals surface area contributed by atoms with Gasteiger partial charge in [0.15, 0.2) is 5.82 Å². The van der Waals surface area contributed by atoms with E-state index in [1.807, 2.05) is 26.8 Å². The van der Waals surface area contributed by atoms with Gasteiger partial charge in [0.1, 0.15) is 0 Å². The van der Waals surface area contributed by atoms with E-state index < -0.39 is 0 Å². The molecule has 5 nitrogen and oxygen atoms in total. The Hall–Kier alpha value is -1.62. The van der Waals surface area contributed by atoms with E-state index in [9.17, 15) is 4.79 Å². The minimum atomic E-state index is -0.181. The number of hydrogen-bond donors (Lipinski definition) is 3. The maximum atomic E-state index is 11.7. The second-order valence-corrected chi connectivity index (χ2v) is 3.50. The number of H-pyrrole nitrogens is 1. The zero-order chi connectivity index (χ0) is 11.4. The number of aromatic amines is 1. The molecule has 0 aliphatic carbocycles. The lowest BCUT2D eigenvalue weighted by atomic mass is 9.96. The Morgan fingerprint density at radius 2 is 2.33 bits per heavy atom. The number of nitrogens with two attached hydrogens (primary N) is 1. The molecule has 0 aromatic carbocycles. The molecule has 0 amide bonds. The Morgan fingerprint density at radius 1 is 1.67 bits per heavy atom. The second-order valence-electron chi connectivity index (χ2n) is 3.50. The first kappa shape index (κ1) is 11.5. The molecule has 0 saturated carbocycles. The number of aromatic nitrogens is 2. The average Bonchev–Trinajstić information content (AvgIpc) is 2.21. The molecule has 1 aromatic rings. The average molecular weight is 208 g/mol. The van der Waals surface area contributed by atoms with Crippen LogP contribution < -0.4 is 16.8 Å². The minimum Gasteiger partial charge on any atom is -0.312 e. The molecule has 0 fully saturated rings. The number of hydrazine groups is 1. The smallest absolute Gasteiger partial charge is 0.260 e. The van der Waals surface area contributed by atoms with Gasteiger partial charge < -0.3 is 10.4 Å². The molecule has 15 heavy (non-hydrogen) atoms. The van der Waals surface area contributed by atoms with E-state index in [0.717, 1.165) is 5.57 Å². The quantitative estimate of drug-likeness (QED) is 0.513.